The predicted molar refractivity (Wildman–Crippen MR) is 81.4 cm³/mol. The van der Waals surface area contributed by atoms with Crippen molar-refractivity contribution in [3.8, 4) is 5.75 Å². The fourth-order valence-electron chi connectivity index (χ4n) is 2.07. The zero-order chi connectivity index (χ0) is 14.7. The summed E-state index contributed by atoms with van der Waals surface area (Å²) >= 11 is 6.21. The van der Waals surface area contributed by atoms with Crippen LogP contribution in [-0.2, 0) is 4.79 Å². The lowest BCUT2D eigenvalue weighted by molar-refractivity contribution is -0.118. The van der Waals surface area contributed by atoms with Crippen molar-refractivity contribution in [2.24, 2.45) is 17.6 Å². The Balaban J connectivity index is 2.11. The minimum Gasteiger partial charge on any atom is -0.482 e. The Bertz CT molecular complexity index is 505. The molecule has 1 aliphatic heterocycles. The smallest absolute Gasteiger partial charge is 0.262 e. The zero-order valence-electron chi connectivity index (χ0n) is 11.7. The van der Waals surface area contributed by atoms with E-state index >= 15 is 0 Å². The molecule has 0 saturated heterocycles. The van der Waals surface area contributed by atoms with Crippen LogP contribution in [0.25, 0.3) is 0 Å². The first-order chi connectivity index (χ1) is 9.51. The normalized spacial score (nSPS) is 15.3. The molecule has 110 valence electrons. The molecule has 4 N–H and O–H groups in total. The lowest BCUT2D eigenvalue weighted by atomic mass is 9.96. The average Bonchev–Trinajstić information content (AvgIpc) is 2.39. The lowest BCUT2D eigenvalue weighted by Crippen LogP contribution is -2.28. The number of nitrogens with two attached hydrogens (primary N) is 1. The minimum atomic E-state index is -0.169. The summed E-state index contributed by atoms with van der Waals surface area (Å²) in [5.74, 6) is 1.34. The van der Waals surface area contributed by atoms with Gasteiger partial charge in [-0.1, -0.05) is 25.4 Å². The highest BCUT2D eigenvalue weighted by Gasteiger charge is 2.19. The van der Waals surface area contributed by atoms with Gasteiger partial charge in [-0.3, -0.25) is 4.79 Å². The number of carbonyl (C=O) groups is 1. The summed E-state index contributed by atoms with van der Waals surface area (Å²) < 4.78 is 5.38. The first kappa shape index (κ1) is 14.9. The van der Waals surface area contributed by atoms with E-state index < -0.39 is 0 Å². The maximum absolute atomic E-state index is 11.2. The highest BCUT2D eigenvalue weighted by atomic mass is 35.5. The highest BCUT2D eigenvalue weighted by Crippen LogP contribution is 2.36. The molecule has 0 aromatic heterocycles. The highest BCUT2D eigenvalue weighted by molar-refractivity contribution is 6.33. The first-order valence-electron chi connectivity index (χ1n) is 6.71. The van der Waals surface area contributed by atoms with Crippen molar-refractivity contribution in [3.05, 3.63) is 17.2 Å². The number of hydrogen-bond acceptors (Lipinski definition) is 4. The van der Waals surface area contributed by atoms with Crippen molar-refractivity contribution in [2.45, 2.75) is 13.8 Å². The maximum atomic E-state index is 11.2. The monoisotopic (exact) mass is 297 g/mol. The molecular weight excluding hydrogens is 278 g/mol. The summed E-state index contributed by atoms with van der Waals surface area (Å²) in [5.41, 5.74) is 7.16. The van der Waals surface area contributed by atoms with Crippen LogP contribution in [0.15, 0.2) is 12.1 Å². The topological polar surface area (TPSA) is 76.4 Å². The number of fused-ring (bicyclic) bond motifs is 1. The van der Waals surface area contributed by atoms with Gasteiger partial charge in [0.05, 0.1) is 16.4 Å². The van der Waals surface area contributed by atoms with Crippen molar-refractivity contribution in [1.29, 1.82) is 0 Å². The fourth-order valence-corrected chi connectivity index (χ4v) is 2.30. The molecule has 0 radical (unpaired) electrons. The van der Waals surface area contributed by atoms with Gasteiger partial charge < -0.3 is 21.1 Å². The molecule has 5 nitrogen and oxygen atoms in total. The van der Waals surface area contributed by atoms with Crippen molar-refractivity contribution in [1.82, 2.24) is 0 Å². The second kappa shape index (κ2) is 6.33. The number of ether oxygens (including phenoxy) is 1. The van der Waals surface area contributed by atoms with Crippen LogP contribution in [-0.4, -0.2) is 25.6 Å². The second-order valence-corrected chi connectivity index (χ2v) is 5.69. The van der Waals surface area contributed by atoms with E-state index in [9.17, 15) is 4.79 Å². The Morgan fingerprint density at radius 3 is 2.90 bits per heavy atom. The number of anilines is 2. The summed E-state index contributed by atoms with van der Waals surface area (Å²) in [7, 11) is 0. The van der Waals surface area contributed by atoms with Crippen molar-refractivity contribution < 1.29 is 9.53 Å². The molecule has 0 saturated carbocycles. The molecule has 1 amide bonds. The van der Waals surface area contributed by atoms with E-state index in [0.29, 0.717) is 34.8 Å². The molecule has 0 spiro atoms. The molecule has 1 aliphatic rings. The van der Waals surface area contributed by atoms with Gasteiger partial charge in [-0.15, -0.1) is 0 Å². The molecule has 1 aromatic carbocycles. The molecule has 0 bridgehead atoms. The molecule has 20 heavy (non-hydrogen) atoms. The number of amides is 1. The lowest BCUT2D eigenvalue weighted by Gasteiger charge is -2.23. The maximum Gasteiger partial charge on any atom is 0.262 e. The van der Waals surface area contributed by atoms with E-state index in [1.54, 1.807) is 6.07 Å². The Labute approximate surface area is 123 Å². The molecule has 0 fully saturated rings. The Morgan fingerprint density at radius 1 is 1.50 bits per heavy atom. The Kier molecular flexibility index (Phi) is 4.73. The van der Waals surface area contributed by atoms with E-state index in [1.165, 1.54) is 0 Å². The van der Waals surface area contributed by atoms with E-state index in [-0.39, 0.29) is 12.5 Å². The van der Waals surface area contributed by atoms with E-state index in [0.717, 1.165) is 12.2 Å². The third-order valence-corrected chi connectivity index (χ3v) is 3.82. The number of carbonyl (C=O) groups excluding carboxylic acids is 1. The van der Waals surface area contributed by atoms with Crippen LogP contribution in [0.2, 0.25) is 5.02 Å². The molecule has 1 atom stereocenters. The summed E-state index contributed by atoms with van der Waals surface area (Å²) in [6.45, 7) is 5.70. The summed E-state index contributed by atoms with van der Waals surface area (Å²) in [6.07, 6.45) is 0. The fraction of sp³-hybridized carbons (Fsp3) is 0.500. The summed E-state index contributed by atoms with van der Waals surface area (Å²) in [4.78, 5) is 11.2. The van der Waals surface area contributed by atoms with Gasteiger partial charge in [-0.05, 0) is 24.4 Å². The van der Waals surface area contributed by atoms with Gasteiger partial charge in [0.2, 0.25) is 0 Å². The number of hydrogen-bond donors (Lipinski definition) is 3. The van der Waals surface area contributed by atoms with Gasteiger partial charge in [-0.2, -0.15) is 0 Å². The third kappa shape index (κ3) is 3.35. The van der Waals surface area contributed by atoms with E-state index in [1.807, 2.05) is 6.07 Å². The van der Waals surface area contributed by atoms with Crippen molar-refractivity contribution in [2.75, 3.05) is 30.3 Å². The average molecular weight is 298 g/mol. The number of nitrogens with one attached hydrogen (secondary N) is 2. The second-order valence-electron chi connectivity index (χ2n) is 5.29. The quantitative estimate of drug-likeness (QED) is 0.779. The first-order valence-corrected chi connectivity index (χ1v) is 7.09. The van der Waals surface area contributed by atoms with Gasteiger partial charge >= 0.3 is 0 Å². The molecule has 2 rings (SSSR count). The van der Waals surface area contributed by atoms with E-state index in [2.05, 4.69) is 24.5 Å². The zero-order valence-corrected chi connectivity index (χ0v) is 12.5. The molecule has 0 aliphatic carbocycles. The van der Waals surface area contributed by atoms with Crippen LogP contribution < -0.4 is 21.1 Å². The minimum absolute atomic E-state index is 0.0332. The van der Waals surface area contributed by atoms with Crippen molar-refractivity contribution >= 4 is 28.9 Å². The van der Waals surface area contributed by atoms with Crippen LogP contribution in [0.4, 0.5) is 11.4 Å². The van der Waals surface area contributed by atoms with Gasteiger partial charge in [0.15, 0.2) is 6.61 Å². The van der Waals surface area contributed by atoms with Crippen LogP contribution in [0, 0.1) is 11.8 Å². The Morgan fingerprint density at radius 2 is 2.25 bits per heavy atom. The standard InChI is InChI=1S/C14H20ClN3O2/c1-8(2)9(5-16)6-17-11-4-13-12(3-10(11)15)18-14(19)7-20-13/h3-4,8-9,17H,5-7,16H2,1-2H3,(H,18,19). The number of rotatable bonds is 5. The summed E-state index contributed by atoms with van der Waals surface area (Å²) in [5, 5.41) is 6.58. The van der Waals surface area contributed by atoms with Crippen LogP contribution in [0.5, 0.6) is 5.75 Å². The van der Waals surface area contributed by atoms with Crippen LogP contribution in [0.3, 0.4) is 0 Å². The van der Waals surface area contributed by atoms with Gasteiger partial charge in [-0.25, -0.2) is 0 Å². The Hall–Kier alpha value is -1.46. The third-order valence-electron chi connectivity index (χ3n) is 3.50. The number of halogens is 1. The van der Waals surface area contributed by atoms with Gasteiger partial charge in [0, 0.05) is 12.6 Å². The van der Waals surface area contributed by atoms with E-state index in [4.69, 9.17) is 22.1 Å². The van der Waals surface area contributed by atoms with Gasteiger partial charge in [0.1, 0.15) is 5.75 Å². The molecular formula is C14H20ClN3O2. The van der Waals surface area contributed by atoms with Crippen LogP contribution >= 0.6 is 11.6 Å². The molecule has 6 heteroatoms. The molecule has 1 aromatic rings. The SMILES string of the molecule is CC(C)C(CN)CNc1cc2c(cc1Cl)NC(=O)CO2. The van der Waals surface area contributed by atoms with Crippen LogP contribution in [0.1, 0.15) is 13.8 Å². The largest absolute Gasteiger partial charge is 0.482 e. The molecule has 1 heterocycles. The summed E-state index contributed by atoms with van der Waals surface area (Å²) in [6, 6.07) is 3.51. The number of benzene rings is 1. The molecule has 1 unspecified atom stereocenters. The predicted octanol–water partition coefficient (Wildman–Crippen LogP) is 2.31. The van der Waals surface area contributed by atoms with Crippen molar-refractivity contribution in [3.63, 3.8) is 0 Å². The van der Waals surface area contributed by atoms with Gasteiger partial charge in [0.25, 0.3) is 5.91 Å².